The molecule has 6 nitrogen and oxygen atoms in total. The number of carbonyl (C=O) groups excluding carboxylic acids is 3. The van der Waals surface area contributed by atoms with Gasteiger partial charge in [-0.25, -0.2) is 9.69 Å². The number of nitrogens with zero attached hydrogens (tertiary/aromatic N) is 1. The average molecular weight is 530 g/mol. The van der Waals surface area contributed by atoms with Gasteiger partial charge in [-0.05, 0) is 67.4 Å². The van der Waals surface area contributed by atoms with E-state index < -0.39 is 17.8 Å². The Balaban J connectivity index is 1.68. The van der Waals surface area contributed by atoms with Gasteiger partial charge >= 0.3 is 6.03 Å². The second kappa shape index (κ2) is 10.1. The molecule has 3 aromatic carbocycles. The Hall–Kier alpha value is -3.32. The maximum absolute atomic E-state index is 13.3. The van der Waals surface area contributed by atoms with Crippen molar-refractivity contribution in [3.05, 3.63) is 97.5 Å². The smallest absolute Gasteiger partial charge is 0.335 e. The minimum atomic E-state index is -0.814. The van der Waals surface area contributed by atoms with Gasteiger partial charge in [0.1, 0.15) is 17.9 Å². The van der Waals surface area contributed by atoms with Gasteiger partial charge in [-0.3, -0.25) is 14.9 Å². The van der Waals surface area contributed by atoms with Crippen LogP contribution in [-0.4, -0.2) is 17.8 Å². The Kier molecular flexibility index (Phi) is 7.17. The number of nitrogens with one attached hydrogen (secondary N) is 1. The van der Waals surface area contributed by atoms with Crippen LogP contribution >= 0.6 is 34.8 Å². The normalized spacial score (nSPS) is 14.9. The van der Waals surface area contributed by atoms with Crippen LogP contribution in [0.2, 0.25) is 15.1 Å². The summed E-state index contributed by atoms with van der Waals surface area (Å²) in [5.41, 5.74) is 3.02. The van der Waals surface area contributed by atoms with E-state index in [0.29, 0.717) is 32.1 Å². The van der Waals surface area contributed by atoms with Gasteiger partial charge in [-0.15, -0.1) is 0 Å². The third kappa shape index (κ3) is 5.35. The second-order valence-corrected chi connectivity index (χ2v) is 9.22. The number of halogens is 3. The van der Waals surface area contributed by atoms with Crippen molar-refractivity contribution in [1.29, 1.82) is 0 Å². The van der Waals surface area contributed by atoms with Crippen molar-refractivity contribution in [2.45, 2.75) is 20.5 Å². The van der Waals surface area contributed by atoms with E-state index in [1.807, 2.05) is 13.0 Å². The number of amides is 4. The second-order valence-electron chi connectivity index (χ2n) is 7.97. The van der Waals surface area contributed by atoms with E-state index in [-0.39, 0.29) is 12.2 Å². The number of rotatable bonds is 5. The molecule has 0 saturated carbocycles. The van der Waals surface area contributed by atoms with Crippen molar-refractivity contribution in [2.24, 2.45) is 0 Å². The van der Waals surface area contributed by atoms with E-state index in [4.69, 9.17) is 39.5 Å². The lowest BCUT2D eigenvalue weighted by atomic mass is 10.0. The van der Waals surface area contributed by atoms with Gasteiger partial charge in [0.05, 0.1) is 15.7 Å². The number of aryl methyl sites for hydroxylation is 2. The number of urea groups is 1. The first-order valence-electron chi connectivity index (χ1n) is 10.5. The summed E-state index contributed by atoms with van der Waals surface area (Å²) in [5.74, 6) is -1.18. The first-order valence-corrected chi connectivity index (χ1v) is 11.6. The van der Waals surface area contributed by atoms with Gasteiger partial charge in [0, 0.05) is 10.6 Å². The predicted molar refractivity (Wildman–Crippen MR) is 137 cm³/mol. The van der Waals surface area contributed by atoms with Crippen LogP contribution in [0, 0.1) is 13.8 Å². The molecule has 1 saturated heterocycles. The molecule has 178 valence electrons. The molecule has 0 unspecified atom stereocenters. The molecule has 0 aromatic heterocycles. The molecule has 4 rings (SSSR count). The topological polar surface area (TPSA) is 75.7 Å². The Morgan fingerprint density at radius 1 is 0.914 bits per heavy atom. The van der Waals surface area contributed by atoms with E-state index in [1.54, 1.807) is 55.5 Å². The van der Waals surface area contributed by atoms with E-state index in [0.717, 1.165) is 21.6 Å². The summed E-state index contributed by atoms with van der Waals surface area (Å²) in [6.07, 6.45) is 1.36. The Bertz CT molecular complexity index is 1400. The molecule has 0 bridgehead atoms. The monoisotopic (exact) mass is 528 g/mol. The standard InChI is InChI=1S/C26H19Cl3N2O4/c1-14-3-7-22(15(2)9-14)31-25(33)19(24(32)30-26(31)34)12-17-11-18(27)5-8-23(17)35-13-16-4-6-20(28)21(29)10-16/h3-12H,13H2,1-2H3,(H,30,32,34)/b19-12+. The van der Waals surface area contributed by atoms with Gasteiger partial charge in [0.2, 0.25) is 0 Å². The Morgan fingerprint density at radius 2 is 1.69 bits per heavy atom. The van der Waals surface area contributed by atoms with E-state index >= 15 is 0 Å². The molecular formula is C26H19Cl3N2O4. The summed E-state index contributed by atoms with van der Waals surface area (Å²) in [5, 5.41) is 3.43. The number of benzene rings is 3. The zero-order valence-electron chi connectivity index (χ0n) is 18.7. The third-order valence-electron chi connectivity index (χ3n) is 5.34. The number of barbiturate groups is 1. The van der Waals surface area contributed by atoms with Crippen molar-refractivity contribution in [2.75, 3.05) is 4.90 Å². The molecule has 0 radical (unpaired) electrons. The molecular weight excluding hydrogens is 511 g/mol. The Labute approximate surface area is 217 Å². The molecule has 3 aromatic rings. The van der Waals surface area contributed by atoms with Crippen molar-refractivity contribution in [3.8, 4) is 5.75 Å². The molecule has 9 heteroatoms. The quantitative estimate of drug-likeness (QED) is 0.302. The van der Waals surface area contributed by atoms with Crippen LogP contribution in [0.3, 0.4) is 0 Å². The fraction of sp³-hybridized carbons (Fsp3) is 0.115. The van der Waals surface area contributed by atoms with Crippen LogP contribution in [-0.2, 0) is 16.2 Å². The lowest BCUT2D eigenvalue weighted by Gasteiger charge is -2.27. The molecule has 0 aliphatic carbocycles. The van der Waals surface area contributed by atoms with Crippen LogP contribution in [0.25, 0.3) is 6.08 Å². The fourth-order valence-electron chi connectivity index (χ4n) is 3.64. The molecule has 4 amide bonds. The van der Waals surface area contributed by atoms with Crippen LogP contribution in [0.15, 0.2) is 60.2 Å². The van der Waals surface area contributed by atoms with E-state index in [1.165, 1.54) is 6.08 Å². The van der Waals surface area contributed by atoms with Crippen LogP contribution in [0.4, 0.5) is 10.5 Å². The van der Waals surface area contributed by atoms with Gasteiger partial charge in [-0.2, -0.15) is 0 Å². The summed E-state index contributed by atoms with van der Waals surface area (Å²) in [6.45, 7) is 3.85. The molecule has 1 aliphatic heterocycles. The number of ether oxygens (including phenoxy) is 1. The van der Waals surface area contributed by atoms with Crippen LogP contribution in [0.1, 0.15) is 22.3 Å². The highest BCUT2D eigenvalue weighted by Gasteiger charge is 2.37. The minimum absolute atomic E-state index is 0.155. The Morgan fingerprint density at radius 3 is 2.40 bits per heavy atom. The summed E-state index contributed by atoms with van der Waals surface area (Å²) >= 11 is 18.2. The highest BCUT2D eigenvalue weighted by Crippen LogP contribution is 2.30. The van der Waals surface area contributed by atoms with Crippen molar-refractivity contribution in [3.63, 3.8) is 0 Å². The molecule has 1 aliphatic rings. The third-order valence-corrected chi connectivity index (χ3v) is 6.32. The number of anilines is 1. The van der Waals surface area contributed by atoms with E-state index in [9.17, 15) is 14.4 Å². The molecule has 0 spiro atoms. The van der Waals surface area contributed by atoms with Crippen molar-refractivity contribution in [1.82, 2.24) is 5.32 Å². The maximum atomic E-state index is 13.3. The van der Waals surface area contributed by atoms with Gasteiger partial charge in [0.25, 0.3) is 11.8 Å². The lowest BCUT2D eigenvalue weighted by Crippen LogP contribution is -2.54. The van der Waals surface area contributed by atoms with Crippen LogP contribution < -0.4 is 15.0 Å². The molecule has 0 atom stereocenters. The van der Waals surface area contributed by atoms with Crippen LogP contribution in [0.5, 0.6) is 5.75 Å². The summed E-state index contributed by atoms with van der Waals surface area (Å²) in [4.78, 5) is 39.4. The van der Waals surface area contributed by atoms with Gasteiger partial charge < -0.3 is 4.74 Å². The summed E-state index contributed by atoms with van der Waals surface area (Å²) < 4.78 is 5.92. The highest BCUT2D eigenvalue weighted by atomic mass is 35.5. The molecule has 1 fully saturated rings. The summed E-state index contributed by atoms with van der Waals surface area (Å²) in [7, 11) is 0. The highest BCUT2D eigenvalue weighted by molar-refractivity contribution is 6.42. The molecule has 1 heterocycles. The maximum Gasteiger partial charge on any atom is 0.335 e. The molecule has 1 N–H and O–H groups in total. The van der Waals surface area contributed by atoms with E-state index in [2.05, 4.69) is 5.32 Å². The number of hydrogen-bond donors (Lipinski definition) is 1. The number of carbonyl (C=O) groups is 3. The first kappa shape index (κ1) is 24.8. The predicted octanol–water partition coefficient (Wildman–Crippen LogP) is 6.51. The van der Waals surface area contributed by atoms with Crippen molar-refractivity contribution >= 4 is 64.4 Å². The van der Waals surface area contributed by atoms with Gasteiger partial charge in [0.15, 0.2) is 0 Å². The summed E-state index contributed by atoms with van der Waals surface area (Å²) in [6, 6.07) is 14.4. The number of imide groups is 2. The van der Waals surface area contributed by atoms with Crippen molar-refractivity contribution < 1.29 is 19.1 Å². The minimum Gasteiger partial charge on any atom is -0.488 e. The largest absolute Gasteiger partial charge is 0.488 e. The fourth-order valence-corrected chi connectivity index (χ4v) is 4.14. The zero-order valence-corrected chi connectivity index (χ0v) is 21.0. The average Bonchev–Trinajstić information content (AvgIpc) is 2.79. The molecule has 35 heavy (non-hydrogen) atoms. The first-order chi connectivity index (χ1) is 16.6. The zero-order chi connectivity index (χ0) is 25.3. The lowest BCUT2D eigenvalue weighted by molar-refractivity contribution is -0.122. The SMILES string of the molecule is Cc1ccc(N2C(=O)NC(=O)/C(=C\c3cc(Cl)ccc3OCc3ccc(Cl)c(Cl)c3)C2=O)c(C)c1. The van der Waals surface area contributed by atoms with Gasteiger partial charge in [-0.1, -0.05) is 58.6 Å². The number of hydrogen-bond acceptors (Lipinski definition) is 4.